The summed E-state index contributed by atoms with van der Waals surface area (Å²) in [5, 5.41) is 3.06. The lowest BCUT2D eigenvalue weighted by molar-refractivity contribution is 0.441. The molecular formula is C12H19N3. The molecule has 82 valence electrons. The van der Waals surface area contributed by atoms with Gasteiger partial charge in [0.05, 0.1) is 6.54 Å². The van der Waals surface area contributed by atoms with Crippen LogP contribution in [0.2, 0.25) is 0 Å². The summed E-state index contributed by atoms with van der Waals surface area (Å²) in [4.78, 5) is 8.74. The first-order chi connectivity index (χ1) is 7.40. The van der Waals surface area contributed by atoms with Gasteiger partial charge in [-0.15, -0.1) is 0 Å². The van der Waals surface area contributed by atoms with E-state index >= 15 is 0 Å². The maximum absolute atomic E-state index is 4.37. The van der Waals surface area contributed by atoms with Crippen LogP contribution in [0.1, 0.15) is 49.4 Å². The fourth-order valence-corrected chi connectivity index (χ4v) is 2.26. The van der Waals surface area contributed by atoms with Crippen LogP contribution in [-0.2, 0) is 6.54 Å². The summed E-state index contributed by atoms with van der Waals surface area (Å²) in [6.45, 7) is 0.755. The van der Waals surface area contributed by atoms with Gasteiger partial charge in [0.25, 0.3) is 0 Å². The van der Waals surface area contributed by atoms with Gasteiger partial charge >= 0.3 is 0 Å². The number of hydrogen-bond acceptors (Lipinski definition) is 3. The molecule has 1 saturated carbocycles. The molecule has 3 nitrogen and oxygen atoms in total. The molecule has 1 N–H and O–H groups in total. The van der Waals surface area contributed by atoms with Crippen LogP contribution in [0, 0.1) is 0 Å². The van der Waals surface area contributed by atoms with Crippen molar-refractivity contribution in [2.45, 2.75) is 44.6 Å². The average molecular weight is 205 g/mol. The minimum absolute atomic E-state index is 0.711. The lowest BCUT2D eigenvalue weighted by Gasteiger charge is -2.21. The quantitative estimate of drug-likeness (QED) is 0.822. The van der Waals surface area contributed by atoms with Gasteiger partial charge in [-0.25, -0.2) is 9.97 Å². The maximum atomic E-state index is 4.37. The summed E-state index contributed by atoms with van der Waals surface area (Å²) in [6.07, 6.45) is 10.8. The topological polar surface area (TPSA) is 37.8 Å². The molecule has 1 aliphatic rings. The fourth-order valence-electron chi connectivity index (χ4n) is 2.26. The Kier molecular flexibility index (Phi) is 3.67. The molecule has 3 heteroatoms. The lowest BCUT2D eigenvalue weighted by Crippen LogP contribution is -2.10. The van der Waals surface area contributed by atoms with E-state index in [1.165, 1.54) is 37.7 Å². The van der Waals surface area contributed by atoms with Crippen LogP contribution >= 0.6 is 0 Å². The van der Waals surface area contributed by atoms with E-state index in [2.05, 4.69) is 15.3 Å². The second-order valence-corrected chi connectivity index (χ2v) is 4.30. The molecule has 1 aromatic heterocycles. The minimum atomic E-state index is 0.711. The van der Waals surface area contributed by atoms with Gasteiger partial charge < -0.3 is 5.32 Å². The molecule has 0 unspecified atom stereocenters. The second-order valence-electron chi connectivity index (χ2n) is 4.30. The van der Waals surface area contributed by atoms with Crippen LogP contribution in [0.5, 0.6) is 0 Å². The van der Waals surface area contributed by atoms with E-state index in [-0.39, 0.29) is 0 Å². The highest BCUT2D eigenvalue weighted by atomic mass is 14.9. The van der Waals surface area contributed by atoms with Crippen LogP contribution in [0.25, 0.3) is 0 Å². The zero-order valence-corrected chi connectivity index (χ0v) is 9.37. The standard InChI is InChI=1S/C12H19N3/c1-13-9-12-14-7-11(8-15-12)10-5-3-2-4-6-10/h7-8,10,13H,2-6,9H2,1H3. The molecule has 0 bridgehead atoms. The number of hydrogen-bond donors (Lipinski definition) is 1. The molecular weight excluding hydrogens is 186 g/mol. The van der Waals surface area contributed by atoms with Crippen LogP contribution < -0.4 is 5.32 Å². The van der Waals surface area contributed by atoms with E-state index < -0.39 is 0 Å². The summed E-state index contributed by atoms with van der Waals surface area (Å²) >= 11 is 0. The highest BCUT2D eigenvalue weighted by molar-refractivity contribution is 5.12. The van der Waals surface area contributed by atoms with Crippen molar-refractivity contribution in [1.82, 2.24) is 15.3 Å². The molecule has 0 saturated heterocycles. The summed E-state index contributed by atoms with van der Waals surface area (Å²) in [6, 6.07) is 0. The Hall–Kier alpha value is -0.960. The predicted molar refractivity (Wildman–Crippen MR) is 60.6 cm³/mol. The van der Waals surface area contributed by atoms with Crippen molar-refractivity contribution in [3.63, 3.8) is 0 Å². The van der Waals surface area contributed by atoms with Crippen LogP contribution in [0.4, 0.5) is 0 Å². The smallest absolute Gasteiger partial charge is 0.141 e. The number of aromatic nitrogens is 2. The van der Waals surface area contributed by atoms with Crippen molar-refractivity contribution in [1.29, 1.82) is 0 Å². The molecule has 2 rings (SSSR count). The molecule has 0 radical (unpaired) electrons. The first-order valence-corrected chi connectivity index (χ1v) is 5.85. The third-order valence-corrected chi connectivity index (χ3v) is 3.14. The van der Waals surface area contributed by atoms with E-state index in [4.69, 9.17) is 0 Å². The third kappa shape index (κ3) is 2.75. The van der Waals surface area contributed by atoms with Crippen LogP contribution in [0.15, 0.2) is 12.4 Å². The van der Waals surface area contributed by atoms with Gasteiger partial charge in [-0.1, -0.05) is 19.3 Å². The first kappa shape index (κ1) is 10.6. The summed E-state index contributed by atoms with van der Waals surface area (Å²) in [5.41, 5.74) is 1.33. The third-order valence-electron chi connectivity index (χ3n) is 3.14. The number of nitrogens with zero attached hydrogens (tertiary/aromatic N) is 2. The van der Waals surface area contributed by atoms with Gasteiger partial charge in [0.2, 0.25) is 0 Å². The molecule has 0 spiro atoms. The Labute approximate surface area is 91.3 Å². The highest BCUT2D eigenvalue weighted by Gasteiger charge is 2.15. The number of nitrogens with one attached hydrogen (secondary N) is 1. The Bertz CT molecular complexity index is 288. The van der Waals surface area contributed by atoms with Crippen molar-refractivity contribution in [2.75, 3.05) is 7.05 Å². The van der Waals surface area contributed by atoms with E-state index in [1.54, 1.807) is 0 Å². The molecule has 0 aliphatic heterocycles. The Morgan fingerprint density at radius 2 is 1.87 bits per heavy atom. The largest absolute Gasteiger partial charge is 0.313 e. The molecule has 1 aromatic rings. The van der Waals surface area contributed by atoms with Gasteiger partial charge in [-0.2, -0.15) is 0 Å². The maximum Gasteiger partial charge on any atom is 0.141 e. The van der Waals surface area contributed by atoms with Gasteiger partial charge in [0.15, 0.2) is 0 Å². The van der Waals surface area contributed by atoms with Gasteiger partial charge in [0, 0.05) is 12.4 Å². The minimum Gasteiger partial charge on any atom is -0.313 e. The van der Waals surface area contributed by atoms with Gasteiger partial charge in [0.1, 0.15) is 5.82 Å². The van der Waals surface area contributed by atoms with Crippen molar-refractivity contribution in [3.8, 4) is 0 Å². The summed E-state index contributed by atoms with van der Waals surface area (Å²) in [7, 11) is 1.92. The molecule has 0 aromatic carbocycles. The highest BCUT2D eigenvalue weighted by Crippen LogP contribution is 2.31. The molecule has 0 amide bonds. The van der Waals surface area contributed by atoms with Crippen LogP contribution in [0.3, 0.4) is 0 Å². The molecule has 1 fully saturated rings. The SMILES string of the molecule is CNCc1ncc(C2CCCCC2)cn1. The predicted octanol–water partition coefficient (Wildman–Crippen LogP) is 2.24. The van der Waals surface area contributed by atoms with E-state index in [0.717, 1.165) is 12.4 Å². The molecule has 1 aliphatic carbocycles. The van der Waals surface area contributed by atoms with E-state index in [0.29, 0.717) is 5.92 Å². The molecule has 0 atom stereocenters. The van der Waals surface area contributed by atoms with Crippen molar-refractivity contribution in [2.24, 2.45) is 0 Å². The zero-order chi connectivity index (χ0) is 10.5. The Balaban J connectivity index is 2.02. The molecule has 1 heterocycles. The van der Waals surface area contributed by atoms with Crippen molar-refractivity contribution >= 4 is 0 Å². The Morgan fingerprint density at radius 1 is 1.20 bits per heavy atom. The average Bonchev–Trinajstić information content (AvgIpc) is 2.32. The van der Waals surface area contributed by atoms with E-state index in [1.807, 2.05) is 19.4 Å². The van der Waals surface area contributed by atoms with E-state index in [9.17, 15) is 0 Å². The van der Waals surface area contributed by atoms with Crippen molar-refractivity contribution in [3.05, 3.63) is 23.8 Å². The molecule has 15 heavy (non-hydrogen) atoms. The Morgan fingerprint density at radius 3 is 2.47 bits per heavy atom. The van der Waals surface area contributed by atoms with Crippen molar-refractivity contribution < 1.29 is 0 Å². The normalized spacial score (nSPS) is 17.9. The fraction of sp³-hybridized carbons (Fsp3) is 0.667. The second kappa shape index (κ2) is 5.21. The summed E-state index contributed by atoms with van der Waals surface area (Å²) < 4.78 is 0. The van der Waals surface area contributed by atoms with Gasteiger partial charge in [-0.05, 0) is 31.4 Å². The monoisotopic (exact) mass is 205 g/mol. The summed E-state index contributed by atoms with van der Waals surface area (Å²) in [5.74, 6) is 1.60. The van der Waals surface area contributed by atoms with Gasteiger partial charge in [-0.3, -0.25) is 0 Å². The van der Waals surface area contributed by atoms with Crippen LogP contribution in [-0.4, -0.2) is 17.0 Å². The zero-order valence-electron chi connectivity index (χ0n) is 9.37. The number of rotatable bonds is 3. The first-order valence-electron chi connectivity index (χ1n) is 5.85. The lowest BCUT2D eigenvalue weighted by atomic mass is 9.85.